The molecule has 0 unspecified atom stereocenters. The quantitative estimate of drug-likeness (QED) is 0.600. The standard InChI is InChI=1S/C12H21N3O5S/c1-10(2)3-5-20-6-4-14-21(18,19)11-7-13-15(8-11)9-12(16)17/h7-8,10,14H,3-6,9H2,1-2H3,(H,16,17). The monoisotopic (exact) mass is 319 g/mol. The summed E-state index contributed by atoms with van der Waals surface area (Å²) < 4.78 is 32.5. The summed E-state index contributed by atoms with van der Waals surface area (Å²) in [5, 5.41) is 12.3. The Hall–Kier alpha value is -1.45. The highest BCUT2D eigenvalue weighted by atomic mass is 32.2. The third-order valence-corrected chi connectivity index (χ3v) is 4.01. The molecule has 0 bridgehead atoms. The topological polar surface area (TPSA) is 111 Å². The van der Waals surface area contributed by atoms with Crippen LogP contribution in [0.2, 0.25) is 0 Å². The fourth-order valence-electron chi connectivity index (χ4n) is 1.46. The molecular formula is C12H21N3O5S. The minimum absolute atomic E-state index is 0.0640. The van der Waals surface area contributed by atoms with E-state index in [0.717, 1.165) is 17.3 Å². The summed E-state index contributed by atoms with van der Waals surface area (Å²) in [5.74, 6) is -0.546. The maximum atomic E-state index is 11.9. The van der Waals surface area contributed by atoms with Gasteiger partial charge in [-0.2, -0.15) is 5.10 Å². The molecule has 1 heterocycles. The van der Waals surface area contributed by atoms with Gasteiger partial charge in [0.2, 0.25) is 10.0 Å². The van der Waals surface area contributed by atoms with Crippen LogP contribution in [0, 0.1) is 5.92 Å². The van der Waals surface area contributed by atoms with E-state index in [9.17, 15) is 13.2 Å². The Morgan fingerprint density at radius 3 is 2.81 bits per heavy atom. The first-order valence-corrected chi connectivity index (χ1v) is 8.11. The van der Waals surface area contributed by atoms with Crippen LogP contribution in [0.25, 0.3) is 0 Å². The van der Waals surface area contributed by atoms with Crippen molar-refractivity contribution in [2.24, 2.45) is 5.92 Å². The summed E-state index contributed by atoms with van der Waals surface area (Å²) in [6.45, 7) is 4.82. The number of hydrogen-bond donors (Lipinski definition) is 2. The van der Waals surface area contributed by atoms with Crippen molar-refractivity contribution in [3.63, 3.8) is 0 Å². The van der Waals surface area contributed by atoms with Gasteiger partial charge < -0.3 is 9.84 Å². The molecule has 0 spiro atoms. The molecule has 0 atom stereocenters. The van der Waals surface area contributed by atoms with Gasteiger partial charge in [-0.25, -0.2) is 13.1 Å². The molecule has 0 saturated carbocycles. The SMILES string of the molecule is CC(C)CCOCCNS(=O)(=O)c1cnn(CC(=O)O)c1. The number of aromatic nitrogens is 2. The van der Waals surface area contributed by atoms with Gasteiger partial charge in [-0.1, -0.05) is 13.8 Å². The molecule has 1 rings (SSSR count). The second-order valence-electron chi connectivity index (χ2n) is 4.96. The van der Waals surface area contributed by atoms with Crippen LogP contribution in [0.3, 0.4) is 0 Å². The Morgan fingerprint density at radius 2 is 2.19 bits per heavy atom. The zero-order valence-corrected chi connectivity index (χ0v) is 13.0. The maximum Gasteiger partial charge on any atom is 0.325 e. The van der Waals surface area contributed by atoms with Gasteiger partial charge in [-0.3, -0.25) is 9.48 Å². The van der Waals surface area contributed by atoms with Gasteiger partial charge >= 0.3 is 5.97 Å². The second kappa shape index (κ2) is 8.11. The Morgan fingerprint density at radius 1 is 1.48 bits per heavy atom. The number of aliphatic carboxylic acids is 1. The van der Waals surface area contributed by atoms with Gasteiger partial charge in [0.05, 0.1) is 12.8 Å². The van der Waals surface area contributed by atoms with Crippen molar-refractivity contribution in [3.05, 3.63) is 12.4 Å². The minimum atomic E-state index is -3.69. The predicted molar refractivity (Wildman–Crippen MR) is 75.3 cm³/mol. The van der Waals surface area contributed by atoms with E-state index in [2.05, 4.69) is 23.7 Å². The van der Waals surface area contributed by atoms with E-state index in [0.29, 0.717) is 12.5 Å². The van der Waals surface area contributed by atoms with Crippen LogP contribution in [0.1, 0.15) is 20.3 Å². The van der Waals surface area contributed by atoms with Gasteiger partial charge in [0.1, 0.15) is 11.4 Å². The van der Waals surface area contributed by atoms with Crippen molar-refractivity contribution in [1.29, 1.82) is 0 Å². The molecule has 8 nitrogen and oxygen atoms in total. The van der Waals surface area contributed by atoms with Crippen LogP contribution < -0.4 is 4.72 Å². The van der Waals surface area contributed by atoms with Crippen molar-refractivity contribution >= 4 is 16.0 Å². The fourth-order valence-corrected chi connectivity index (χ4v) is 2.43. The smallest absolute Gasteiger partial charge is 0.325 e. The van der Waals surface area contributed by atoms with Crippen LogP contribution in [0.4, 0.5) is 0 Å². The zero-order valence-electron chi connectivity index (χ0n) is 12.2. The third kappa shape index (κ3) is 6.69. The zero-order chi connectivity index (χ0) is 15.9. The maximum absolute atomic E-state index is 11.9. The molecule has 21 heavy (non-hydrogen) atoms. The molecular weight excluding hydrogens is 298 g/mol. The highest BCUT2D eigenvalue weighted by Gasteiger charge is 2.16. The number of hydrogen-bond acceptors (Lipinski definition) is 5. The number of sulfonamides is 1. The van der Waals surface area contributed by atoms with Gasteiger partial charge in [0, 0.05) is 19.3 Å². The van der Waals surface area contributed by atoms with Crippen LogP contribution in [0.5, 0.6) is 0 Å². The molecule has 0 aliphatic heterocycles. The Labute approximate surface area is 124 Å². The lowest BCUT2D eigenvalue weighted by molar-refractivity contribution is -0.137. The first-order chi connectivity index (χ1) is 9.81. The van der Waals surface area contributed by atoms with E-state index in [1.54, 1.807) is 0 Å². The molecule has 0 fully saturated rings. The van der Waals surface area contributed by atoms with Gasteiger partial charge in [0.15, 0.2) is 0 Å². The molecule has 1 aromatic heterocycles. The Kier molecular flexibility index (Phi) is 6.79. The molecule has 0 saturated heterocycles. The van der Waals surface area contributed by atoms with E-state index in [-0.39, 0.29) is 24.6 Å². The second-order valence-corrected chi connectivity index (χ2v) is 6.73. The lowest BCUT2D eigenvalue weighted by Gasteiger charge is -2.07. The van der Waals surface area contributed by atoms with Crippen LogP contribution in [0.15, 0.2) is 17.3 Å². The van der Waals surface area contributed by atoms with Crippen molar-refractivity contribution in [1.82, 2.24) is 14.5 Å². The number of carboxylic acid groups (broad SMARTS) is 1. The van der Waals surface area contributed by atoms with E-state index < -0.39 is 16.0 Å². The molecule has 120 valence electrons. The van der Waals surface area contributed by atoms with E-state index in [1.807, 2.05) is 0 Å². The van der Waals surface area contributed by atoms with Gasteiger partial charge in [-0.15, -0.1) is 0 Å². The highest BCUT2D eigenvalue weighted by molar-refractivity contribution is 7.89. The molecule has 0 aliphatic carbocycles. The largest absolute Gasteiger partial charge is 0.480 e. The van der Waals surface area contributed by atoms with E-state index in [1.165, 1.54) is 6.20 Å². The third-order valence-electron chi connectivity index (χ3n) is 2.60. The molecule has 2 N–H and O–H groups in total. The molecule has 1 aromatic rings. The summed E-state index contributed by atoms with van der Waals surface area (Å²) in [5.41, 5.74) is 0. The molecule has 9 heteroatoms. The van der Waals surface area contributed by atoms with Crippen LogP contribution >= 0.6 is 0 Å². The molecule has 0 radical (unpaired) electrons. The lowest BCUT2D eigenvalue weighted by atomic mass is 10.1. The molecule has 0 amide bonds. The first kappa shape index (κ1) is 17.6. The Balaban J connectivity index is 2.39. The summed E-state index contributed by atoms with van der Waals surface area (Å²) >= 11 is 0. The number of nitrogens with zero attached hydrogens (tertiary/aromatic N) is 2. The average Bonchev–Trinajstić information content (AvgIpc) is 2.81. The summed E-state index contributed by atoms with van der Waals surface area (Å²) in [6, 6.07) is 0. The minimum Gasteiger partial charge on any atom is -0.480 e. The van der Waals surface area contributed by atoms with Crippen molar-refractivity contribution in [3.8, 4) is 0 Å². The number of carbonyl (C=O) groups is 1. The number of carboxylic acids is 1. The normalized spacial score (nSPS) is 12.0. The average molecular weight is 319 g/mol. The number of nitrogens with one attached hydrogen (secondary N) is 1. The van der Waals surface area contributed by atoms with Crippen molar-refractivity contribution < 1.29 is 23.1 Å². The van der Waals surface area contributed by atoms with E-state index >= 15 is 0 Å². The van der Waals surface area contributed by atoms with Gasteiger partial charge in [-0.05, 0) is 12.3 Å². The highest BCUT2D eigenvalue weighted by Crippen LogP contribution is 2.06. The molecule has 0 aliphatic rings. The fraction of sp³-hybridized carbons (Fsp3) is 0.667. The molecule has 0 aromatic carbocycles. The summed E-state index contributed by atoms with van der Waals surface area (Å²) in [6.07, 6.45) is 3.22. The Bertz CT molecular complexity index is 553. The summed E-state index contributed by atoms with van der Waals surface area (Å²) in [4.78, 5) is 10.4. The van der Waals surface area contributed by atoms with Crippen LogP contribution in [-0.2, 0) is 26.1 Å². The lowest BCUT2D eigenvalue weighted by Crippen LogP contribution is -2.27. The first-order valence-electron chi connectivity index (χ1n) is 6.63. The van der Waals surface area contributed by atoms with E-state index in [4.69, 9.17) is 9.84 Å². The number of ether oxygens (including phenoxy) is 1. The van der Waals surface area contributed by atoms with Crippen LogP contribution in [-0.4, -0.2) is 49.0 Å². The summed E-state index contributed by atoms with van der Waals surface area (Å²) in [7, 11) is -3.69. The predicted octanol–water partition coefficient (Wildman–Crippen LogP) is 0.309. The van der Waals surface area contributed by atoms with Crippen molar-refractivity contribution in [2.45, 2.75) is 31.7 Å². The van der Waals surface area contributed by atoms with Crippen molar-refractivity contribution in [2.75, 3.05) is 19.8 Å². The van der Waals surface area contributed by atoms with Gasteiger partial charge in [0.25, 0.3) is 0 Å². The number of rotatable bonds is 10.